The molecule has 1 aromatic carbocycles. The Morgan fingerprint density at radius 2 is 2.32 bits per heavy atom. The molecule has 2 heterocycles. The number of H-pyrrole nitrogens is 1. The number of carbonyl (C=O) groups excluding carboxylic acids is 1. The van der Waals surface area contributed by atoms with E-state index in [-0.39, 0.29) is 11.8 Å². The van der Waals surface area contributed by atoms with Crippen molar-refractivity contribution in [2.45, 2.75) is 32.3 Å². The normalized spacial score (nSPS) is 23.5. The molecule has 3 rings (SSSR count). The van der Waals surface area contributed by atoms with E-state index in [1.807, 2.05) is 43.0 Å². The van der Waals surface area contributed by atoms with Crippen LogP contribution < -0.4 is 4.74 Å². The van der Waals surface area contributed by atoms with Crippen LogP contribution in [0, 0.1) is 5.92 Å². The molecule has 1 saturated heterocycles. The molecular weight excluding hydrogens is 318 g/mol. The third kappa shape index (κ3) is 3.39. The van der Waals surface area contributed by atoms with Crippen molar-refractivity contribution in [3.63, 3.8) is 0 Å². The zero-order valence-electron chi connectivity index (χ0n) is 15.0. The van der Waals surface area contributed by atoms with E-state index in [1.165, 1.54) is 0 Å². The molecule has 1 aliphatic rings. The van der Waals surface area contributed by atoms with Crippen molar-refractivity contribution in [3.8, 4) is 17.0 Å². The Balaban J connectivity index is 1.86. The molecule has 25 heavy (non-hydrogen) atoms. The van der Waals surface area contributed by atoms with Gasteiger partial charge in [-0.2, -0.15) is 5.10 Å². The van der Waals surface area contributed by atoms with E-state index < -0.39 is 5.60 Å². The summed E-state index contributed by atoms with van der Waals surface area (Å²) in [6.45, 7) is 5.02. The zero-order valence-corrected chi connectivity index (χ0v) is 15.0. The van der Waals surface area contributed by atoms with Gasteiger partial charge in [0.05, 0.1) is 30.2 Å². The maximum atomic E-state index is 13.0. The van der Waals surface area contributed by atoms with Crippen LogP contribution in [0.25, 0.3) is 11.3 Å². The summed E-state index contributed by atoms with van der Waals surface area (Å²) in [5, 5.41) is 17.5. The third-order valence-corrected chi connectivity index (χ3v) is 5.22. The number of carbonyl (C=O) groups is 1. The summed E-state index contributed by atoms with van der Waals surface area (Å²) in [4.78, 5) is 14.9. The first kappa shape index (κ1) is 17.5. The molecule has 2 atom stereocenters. The summed E-state index contributed by atoms with van der Waals surface area (Å²) in [6.07, 6.45) is 3.00. The number of nitrogens with zero attached hydrogens (tertiary/aromatic N) is 2. The Labute approximate surface area is 147 Å². The third-order valence-electron chi connectivity index (χ3n) is 5.22. The number of nitrogens with one attached hydrogen (secondary N) is 1. The molecule has 1 aliphatic heterocycles. The van der Waals surface area contributed by atoms with Crippen molar-refractivity contribution in [3.05, 3.63) is 36.0 Å². The number of aromatic amines is 1. The summed E-state index contributed by atoms with van der Waals surface area (Å²) in [7, 11) is 1.61. The first-order valence-electron chi connectivity index (χ1n) is 8.65. The van der Waals surface area contributed by atoms with E-state index in [0.717, 1.165) is 17.7 Å². The molecule has 2 aromatic rings. The maximum absolute atomic E-state index is 13.0. The lowest BCUT2D eigenvalue weighted by atomic mass is 9.80. The topological polar surface area (TPSA) is 78.5 Å². The fourth-order valence-corrected chi connectivity index (χ4v) is 3.49. The number of methoxy groups -OCH3 is 1. The van der Waals surface area contributed by atoms with Crippen LogP contribution >= 0.6 is 0 Å². The summed E-state index contributed by atoms with van der Waals surface area (Å²) in [5.41, 5.74) is 1.38. The van der Waals surface area contributed by atoms with E-state index in [0.29, 0.717) is 30.8 Å². The largest absolute Gasteiger partial charge is 0.497 e. The van der Waals surface area contributed by atoms with Crippen molar-refractivity contribution in [1.29, 1.82) is 0 Å². The summed E-state index contributed by atoms with van der Waals surface area (Å²) in [6, 6.07) is 7.54. The highest BCUT2D eigenvalue weighted by Crippen LogP contribution is 2.32. The van der Waals surface area contributed by atoms with Gasteiger partial charge in [-0.1, -0.05) is 19.1 Å². The Bertz CT molecular complexity index is 754. The molecule has 1 amide bonds. The van der Waals surface area contributed by atoms with Gasteiger partial charge in [-0.15, -0.1) is 0 Å². The number of likely N-dealkylation sites (tertiary alicyclic amines) is 1. The summed E-state index contributed by atoms with van der Waals surface area (Å²) in [5.74, 6) is 0.753. The number of hydrogen-bond acceptors (Lipinski definition) is 4. The van der Waals surface area contributed by atoms with Crippen molar-refractivity contribution >= 4 is 5.91 Å². The van der Waals surface area contributed by atoms with Gasteiger partial charge in [-0.05, 0) is 31.9 Å². The molecule has 0 saturated carbocycles. The van der Waals surface area contributed by atoms with Crippen molar-refractivity contribution in [1.82, 2.24) is 15.1 Å². The van der Waals surface area contributed by atoms with Gasteiger partial charge in [0.1, 0.15) is 5.75 Å². The highest BCUT2D eigenvalue weighted by Gasteiger charge is 2.38. The molecule has 2 N–H and O–H groups in total. The van der Waals surface area contributed by atoms with Gasteiger partial charge in [-0.3, -0.25) is 9.89 Å². The first-order chi connectivity index (χ1) is 12.0. The average Bonchev–Trinajstić information content (AvgIpc) is 3.10. The smallest absolute Gasteiger partial charge is 0.257 e. The van der Waals surface area contributed by atoms with Crippen LogP contribution in [0.1, 0.15) is 37.0 Å². The standard InChI is InChI=1S/C19H25N3O3/c1-4-14-12-22(9-8-19(14,2)24)18(23)16-11-20-21-17(16)13-6-5-7-15(10-13)25-3/h5-7,10-11,14,24H,4,8-9,12H2,1-3H3,(H,20,21)/t14-,19+/m0/s1. The summed E-state index contributed by atoms with van der Waals surface area (Å²) >= 11 is 0. The van der Waals surface area contributed by atoms with E-state index in [2.05, 4.69) is 10.2 Å². The molecule has 0 aliphatic carbocycles. The first-order valence-corrected chi connectivity index (χ1v) is 8.65. The minimum Gasteiger partial charge on any atom is -0.497 e. The molecule has 6 heteroatoms. The molecule has 134 valence electrons. The number of amides is 1. The molecule has 6 nitrogen and oxygen atoms in total. The lowest BCUT2D eigenvalue weighted by Gasteiger charge is -2.42. The van der Waals surface area contributed by atoms with Crippen LogP contribution in [0.15, 0.2) is 30.5 Å². The number of hydrogen-bond donors (Lipinski definition) is 2. The molecule has 0 bridgehead atoms. The van der Waals surface area contributed by atoms with Crippen molar-refractivity contribution in [2.24, 2.45) is 5.92 Å². The number of rotatable bonds is 4. The zero-order chi connectivity index (χ0) is 18.0. The van der Waals surface area contributed by atoms with Gasteiger partial charge in [0, 0.05) is 24.6 Å². The minimum atomic E-state index is -0.711. The van der Waals surface area contributed by atoms with Crippen LogP contribution in [-0.2, 0) is 0 Å². The highest BCUT2D eigenvalue weighted by molar-refractivity contribution is 5.99. The van der Waals surface area contributed by atoms with Crippen LogP contribution in [0.3, 0.4) is 0 Å². The fourth-order valence-electron chi connectivity index (χ4n) is 3.49. The number of aliphatic hydroxyl groups is 1. The van der Waals surface area contributed by atoms with Crippen LogP contribution in [-0.4, -0.2) is 51.9 Å². The lowest BCUT2D eigenvalue weighted by Crippen LogP contribution is -2.51. The lowest BCUT2D eigenvalue weighted by molar-refractivity contribution is -0.0521. The molecular formula is C19H25N3O3. The van der Waals surface area contributed by atoms with Gasteiger partial charge in [0.15, 0.2) is 0 Å². The SMILES string of the molecule is CC[C@H]1CN(C(=O)c2cn[nH]c2-c2cccc(OC)c2)CC[C@@]1(C)O. The number of benzene rings is 1. The predicted octanol–water partition coefficient (Wildman–Crippen LogP) is 2.71. The van der Waals surface area contributed by atoms with Gasteiger partial charge in [0.2, 0.25) is 0 Å². The Kier molecular flexibility index (Phi) is 4.81. The maximum Gasteiger partial charge on any atom is 0.257 e. The van der Waals surface area contributed by atoms with E-state index in [1.54, 1.807) is 13.3 Å². The monoisotopic (exact) mass is 343 g/mol. The number of piperidine rings is 1. The second-order valence-corrected chi connectivity index (χ2v) is 6.85. The molecule has 1 fully saturated rings. The Morgan fingerprint density at radius 3 is 3.04 bits per heavy atom. The number of ether oxygens (including phenoxy) is 1. The van der Waals surface area contributed by atoms with E-state index in [9.17, 15) is 9.90 Å². The highest BCUT2D eigenvalue weighted by atomic mass is 16.5. The predicted molar refractivity (Wildman–Crippen MR) is 95.5 cm³/mol. The molecule has 0 spiro atoms. The molecule has 0 unspecified atom stereocenters. The Morgan fingerprint density at radius 1 is 1.52 bits per heavy atom. The van der Waals surface area contributed by atoms with Gasteiger partial charge in [-0.25, -0.2) is 0 Å². The van der Waals surface area contributed by atoms with Crippen LogP contribution in [0.4, 0.5) is 0 Å². The van der Waals surface area contributed by atoms with Crippen LogP contribution in [0.2, 0.25) is 0 Å². The molecule has 0 radical (unpaired) electrons. The average molecular weight is 343 g/mol. The second-order valence-electron chi connectivity index (χ2n) is 6.85. The second kappa shape index (κ2) is 6.88. The van der Waals surface area contributed by atoms with E-state index in [4.69, 9.17) is 4.74 Å². The molecule has 1 aromatic heterocycles. The van der Waals surface area contributed by atoms with Crippen LogP contribution in [0.5, 0.6) is 5.75 Å². The quantitative estimate of drug-likeness (QED) is 0.895. The Hall–Kier alpha value is -2.34. The number of aromatic nitrogens is 2. The van der Waals surface area contributed by atoms with Crippen molar-refractivity contribution < 1.29 is 14.6 Å². The van der Waals surface area contributed by atoms with Crippen molar-refractivity contribution in [2.75, 3.05) is 20.2 Å². The van der Waals surface area contributed by atoms with E-state index >= 15 is 0 Å². The minimum absolute atomic E-state index is 0.0551. The van der Waals surface area contributed by atoms with Gasteiger partial charge >= 0.3 is 0 Å². The summed E-state index contributed by atoms with van der Waals surface area (Å²) < 4.78 is 5.26. The van der Waals surface area contributed by atoms with Gasteiger partial charge < -0.3 is 14.7 Å². The fraction of sp³-hybridized carbons (Fsp3) is 0.474. The van der Waals surface area contributed by atoms with Gasteiger partial charge in [0.25, 0.3) is 5.91 Å².